The van der Waals surface area contributed by atoms with Crippen LogP contribution in [-0.2, 0) is 4.79 Å². The fraction of sp³-hybridized carbons (Fsp3) is 0.346. The van der Waals surface area contributed by atoms with E-state index in [0.717, 1.165) is 35.2 Å². The number of hydrogen-bond acceptors (Lipinski definition) is 6. The van der Waals surface area contributed by atoms with Crippen molar-refractivity contribution in [3.05, 3.63) is 58.7 Å². The van der Waals surface area contributed by atoms with E-state index in [4.69, 9.17) is 18.9 Å². The summed E-state index contributed by atoms with van der Waals surface area (Å²) >= 11 is 0. The minimum Gasteiger partial charge on any atom is -0.493 e. The molecule has 1 fully saturated rings. The number of piperidine rings is 1. The Labute approximate surface area is 190 Å². The van der Waals surface area contributed by atoms with Crippen LogP contribution in [-0.4, -0.2) is 58.8 Å². The van der Waals surface area contributed by atoms with Crippen LogP contribution in [0.1, 0.15) is 24.5 Å². The number of methoxy groups -OCH3 is 4. The summed E-state index contributed by atoms with van der Waals surface area (Å²) in [6, 6.07) is 11.3. The highest BCUT2D eigenvalue weighted by molar-refractivity contribution is 6.14. The predicted molar refractivity (Wildman–Crippen MR) is 127 cm³/mol. The summed E-state index contributed by atoms with van der Waals surface area (Å²) in [6.07, 6.45) is 4.89. The van der Waals surface area contributed by atoms with Crippen LogP contribution in [0, 0.1) is 0 Å². The van der Waals surface area contributed by atoms with Crippen molar-refractivity contribution < 1.29 is 23.7 Å². The van der Waals surface area contributed by atoms with Crippen molar-refractivity contribution in [2.24, 2.45) is 0 Å². The number of carbonyl (C=O) groups excluding carboxylic acids is 1. The van der Waals surface area contributed by atoms with Gasteiger partial charge >= 0.3 is 0 Å². The molecule has 0 bridgehead atoms. The molecule has 3 rings (SSSR count). The Morgan fingerprint density at radius 1 is 0.750 bits per heavy atom. The van der Waals surface area contributed by atoms with Crippen LogP contribution in [0.2, 0.25) is 0 Å². The lowest BCUT2D eigenvalue weighted by molar-refractivity contribution is -0.113. The molecule has 1 aliphatic heterocycles. The molecule has 6 nitrogen and oxygen atoms in total. The molecular formula is C26H31NO5. The molecule has 32 heavy (non-hydrogen) atoms. The maximum absolute atomic E-state index is 13.4. The first-order valence-electron chi connectivity index (χ1n) is 10.6. The lowest BCUT2D eigenvalue weighted by atomic mass is 9.94. The highest BCUT2D eigenvalue weighted by Gasteiger charge is 2.26. The average Bonchev–Trinajstić information content (AvgIpc) is 2.81. The Morgan fingerprint density at radius 2 is 1.19 bits per heavy atom. The number of rotatable bonds is 8. The third-order valence-electron chi connectivity index (χ3n) is 5.41. The van der Waals surface area contributed by atoms with Gasteiger partial charge < -0.3 is 18.9 Å². The Bertz CT molecular complexity index is 947. The van der Waals surface area contributed by atoms with Gasteiger partial charge in [-0.05, 0) is 60.5 Å². The van der Waals surface area contributed by atoms with Gasteiger partial charge in [0.05, 0.1) is 28.4 Å². The Morgan fingerprint density at radius 3 is 1.56 bits per heavy atom. The summed E-state index contributed by atoms with van der Waals surface area (Å²) in [5, 5.41) is 0. The number of Topliss-reactive ketones (excluding diaryl/α,β-unsaturated/α-hetero) is 1. The fourth-order valence-electron chi connectivity index (χ4n) is 3.87. The molecule has 1 saturated heterocycles. The van der Waals surface area contributed by atoms with Crippen LogP contribution in [0.4, 0.5) is 0 Å². The molecule has 0 saturated carbocycles. The van der Waals surface area contributed by atoms with Crippen LogP contribution in [0.25, 0.3) is 12.2 Å². The van der Waals surface area contributed by atoms with E-state index in [1.807, 2.05) is 48.6 Å². The van der Waals surface area contributed by atoms with Crippen LogP contribution >= 0.6 is 0 Å². The van der Waals surface area contributed by atoms with Gasteiger partial charge in [0, 0.05) is 24.2 Å². The number of hydrogen-bond donors (Lipinski definition) is 0. The molecule has 0 aromatic heterocycles. The molecule has 0 spiro atoms. The van der Waals surface area contributed by atoms with Crippen molar-refractivity contribution in [1.82, 2.24) is 4.90 Å². The van der Waals surface area contributed by atoms with E-state index >= 15 is 0 Å². The molecule has 0 aliphatic carbocycles. The number of carbonyl (C=O) groups is 1. The number of ketones is 1. The second kappa shape index (κ2) is 10.9. The topological polar surface area (TPSA) is 57.2 Å². The molecule has 0 atom stereocenters. The van der Waals surface area contributed by atoms with E-state index in [1.54, 1.807) is 28.4 Å². The molecule has 2 aromatic rings. The zero-order valence-electron chi connectivity index (χ0n) is 19.4. The number of likely N-dealkylation sites (tertiary alicyclic amines) is 1. The van der Waals surface area contributed by atoms with E-state index in [0.29, 0.717) is 36.1 Å². The van der Waals surface area contributed by atoms with Gasteiger partial charge in [-0.25, -0.2) is 0 Å². The molecule has 170 valence electrons. The second-order valence-electron chi connectivity index (χ2n) is 7.61. The van der Waals surface area contributed by atoms with Crippen molar-refractivity contribution in [1.29, 1.82) is 0 Å². The quantitative estimate of drug-likeness (QED) is 0.568. The van der Waals surface area contributed by atoms with Gasteiger partial charge in [0.2, 0.25) is 0 Å². The Hall–Kier alpha value is -3.25. The van der Waals surface area contributed by atoms with E-state index < -0.39 is 0 Å². The van der Waals surface area contributed by atoms with Crippen molar-refractivity contribution in [3.63, 3.8) is 0 Å². The highest BCUT2D eigenvalue weighted by Crippen LogP contribution is 2.31. The monoisotopic (exact) mass is 437 g/mol. The van der Waals surface area contributed by atoms with Crippen molar-refractivity contribution in [3.8, 4) is 23.0 Å². The first-order valence-corrected chi connectivity index (χ1v) is 10.6. The van der Waals surface area contributed by atoms with Crippen molar-refractivity contribution >= 4 is 17.9 Å². The van der Waals surface area contributed by atoms with Crippen LogP contribution in [0.3, 0.4) is 0 Å². The van der Waals surface area contributed by atoms with Gasteiger partial charge in [-0.1, -0.05) is 19.1 Å². The summed E-state index contributed by atoms with van der Waals surface area (Å²) in [5.74, 6) is 2.65. The average molecular weight is 438 g/mol. The van der Waals surface area contributed by atoms with Gasteiger partial charge in [-0.2, -0.15) is 0 Å². The molecule has 1 aliphatic rings. The Kier molecular flexibility index (Phi) is 7.95. The van der Waals surface area contributed by atoms with Gasteiger partial charge in [-0.15, -0.1) is 0 Å². The lowest BCUT2D eigenvalue weighted by Gasteiger charge is -2.29. The van der Waals surface area contributed by atoms with Gasteiger partial charge in [0.15, 0.2) is 28.8 Å². The van der Waals surface area contributed by atoms with Gasteiger partial charge in [0.1, 0.15) is 0 Å². The summed E-state index contributed by atoms with van der Waals surface area (Å²) in [5.41, 5.74) is 3.30. The molecule has 6 heteroatoms. The number of benzene rings is 2. The highest BCUT2D eigenvalue weighted by atomic mass is 16.5. The number of ether oxygens (including phenoxy) is 4. The van der Waals surface area contributed by atoms with Crippen LogP contribution < -0.4 is 18.9 Å². The van der Waals surface area contributed by atoms with Crippen molar-refractivity contribution in [2.45, 2.75) is 13.3 Å². The zero-order valence-corrected chi connectivity index (χ0v) is 19.4. The summed E-state index contributed by atoms with van der Waals surface area (Å²) in [7, 11) is 6.42. The van der Waals surface area contributed by atoms with E-state index in [2.05, 4.69) is 11.8 Å². The number of nitrogens with zero attached hydrogens (tertiary/aromatic N) is 1. The third kappa shape index (κ3) is 5.32. The molecule has 0 N–H and O–H groups in total. The first kappa shape index (κ1) is 23.4. The predicted octanol–water partition coefficient (Wildman–Crippen LogP) is 4.48. The normalized spacial score (nSPS) is 17.0. The van der Waals surface area contributed by atoms with E-state index in [1.165, 1.54) is 0 Å². The SMILES string of the molecule is CCCN1C/C(=C\c2ccc(OC)c(OC)c2)C(=O)/C(=C/c2ccc(OC)c(OC)c2)C1. The molecular weight excluding hydrogens is 406 g/mol. The summed E-state index contributed by atoms with van der Waals surface area (Å²) < 4.78 is 21.5. The summed E-state index contributed by atoms with van der Waals surface area (Å²) in [6.45, 7) is 4.29. The van der Waals surface area contributed by atoms with Crippen LogP contribution in [0.5, 0.6) is 23.0 Å². The van der Waals surface area contributed by atoms with E-state index in [-0.39, 0.29) is 5.78 Å². The van der Waals surface area contributed by atoms with E-state index in [9.17, 15) is 4.79 Å². The van der Waals surface area contributed by atoms with Crippen molar-refractivity contribution in [2.75, 3.05) is 48.1 Å². The van der Waals surface area contributed by atoms with Crippen LogP contribution in [0.15, 0.2) is 47.5 Å². The molecule has 1 heterocycles. The molecule has 0 unspecified atom stereocenters. The maximum atomic E-state index is 13.4. The Balaban J connectivity index is 1.97. The zero-order chi connectivity index (χ0) is 23.1. The standard InChI is InChI=1S/C26H31NO5/c1-6-11-27-16-20(12-18-7-9-22(29-2)24(14-18)31-4)26(28)21(17-27)13-19-8-10-23(30-3)25(15-19)32-5/h7-10,12-15H,6,11,16-17H2,1-5H3/b20-12+,21-13+. The second-order valence-corrected chi connectivity index (χ2v) is 7.61. The fourth-order valence-corrected chi connectivity index (χ4v) is 3.87. The maximum Gasteiger partial charge on any atom is 0.187 e. The van der Waals surface area contributed by atoms with Gasteiger partial charge in [0.25, 0.3) is 0 Å². The molecule has 0 radical (unpaired) electrons. The minimum absolute atomic E-state index is 0.0573. The molecule has 0 amide bonds. The minimum atomic E-state index is 0.0573. The first-order chi connectivity index (χ1) is 15.5. The van der Waals surface area contributed by atoms with Gasteiger partial charge in [-0.3, -0.25) is 9.69 Å². The summed E-state index contributed by atoms with van der Waals surface area (Å²) in [4.78, 5) is 15.7. The molecule has 2 aromatic carbocycles. The third-order valence-corrected chi connectivity index (χ3v) is 5.41. The lowest BCUT2D eigenvalue weighted by Crippen LogP contribution is -2.38. The largest absolute Gasteiger partial charge is 0.493 e. The smallest absolute Gasteiger partial charge is 0.187 e.